The molecule has 4 rings (SSSR count). The lowest BCUT2D eigenvalue weighted by atomic mass is 9.99. The van der Waals surface area contributed by atoms with Crippen LogP contribution in [0.25, 0.3) is 10.4 Å². The molecule has 0 aliphatic carbocycles. The van der Waals surface area contributed by atoms with Gasteiger partial charge in [-0.25, -0.2) is 0 Å². The number of piperidine rings is 1. The highest BCUT2D eigenvalue weighted by Gasteiger charge is 2.38. The highest BCUT2D eigenvalue weighted by atomic mass is 32.1. The van der Waals surface area contributed by atoms with E-state index < -0.39 is 0 Å². The van der Waals surface area contributed by atoms with Gasteiger partial charge in [-0.1, -0.05) is 26.8 Å². The van der Waals surface area contributed by atoms with Crippen LogP contribution in [0.5, 0.6) is 0 Å². The van der Waals surface area contributed by atoms with Gasteiger partial charge in [0.2, 0.25) is 0 Å². The molecule has 0 spiro atoms. The third kappa shape index (κ3) is 4.17. The zero-order chi connectivity index (χ0) is 19.6. The molecular weight excluding hydrogens is 356 g/mol. The lowest BCUT2D eigenvalue weighted by Crippen LogP contribution is -2.33. The number of aryl methyl sites for hydroxylation is 1. The molecule has 3 atom stereocenters. The molecule has 0 aromatic carbocycles. The highest BCUT2D eigenvalue weighted by molar-refractivity contribution is 7.18. The van der Waals surface area contributed by atoms with Crippen molar-refractivity contribution in [3.05, 3.63) is 35.1 Å². The maximum absolute atomic E-state index is 12.1. The second-order valence-corrected chi connectivity index (χ2v) is 8.63. The number of ketones is 1. The molecule has 2 aromatic rings. The number of hydrogen-bond acceptors (Lipinski definition) is 5. The summed E-state index contributed by atoms with van der Waals surface area (Å²) in [5.74, 6) is 0.892. The van der Waals surface area contributed by atoms with Gasteiger partial charge in [-0.2, -0.15) is 5.10 Å². The summed E-state index contributed by atoms with van der Waals surface area (Å²) in [6.07, 6.45) is 5.55. The second-order valence-electron chi connectivity index (χ2n) is 7.58. The molecule has 2 aliphatic heterocycles. The van der Waals surface area contributed by atoms with Gasteiger partial charge in [0.15, 0.2) is 5.78 Å². The van der Waals surface area contributed by atoms with Crippen LogP contribution in [0.3, 0.4) is 0 Å². The number of anilines is 1. The first kappa shape index (κ1) is 19.8. The van der Waals surface area contributed by atoms with Crippen molar-refractivity contribution < 1.29 is 4.79 Å². The van der Waals surface area contributed by atoms with Crippen LogP contribution in [0.15, 0.2) is 24.5 Å². The Labute approximate surface area is 165 Å². The molecule has 2 saturated heterocycles. The molecule has 2 bridgehead atoms. The second kappa shape index (κ2) is 8.40. The first-order chi connectivity index (χ1) is 12.9. The standard InChI is InChI=1S/C18H22N4OS.C3H8/c1-10-14(8-19-21-10)17-7-15(18(24-17)12(3)23)20-11(2)16-6-13-4-5-22(16)9-13;1-3-2/h7-8,13,16,20H,2,4-6,9H2,1,3H3,(H,19,21);3H2,1-2H3/t13?,16-;/m0./s1. The highest BCUT2D eigenvalue weighted by Crippen LogP contribution is 2.39. The van der Waals surface area contributed by atoms with Gasteiger partial charge in [0.05, 0.1) is 16.8 Å². The zero-order valence-corrected chi connectivity index (χ0v) is 17.6. The van der Waals surface area contributed by atoms with Crippen molar-refractivity contribution >= 4 is 22.8 Å². The van der Waals surface area contributed by atoms with Crippen LogP contribution < -0.4 is 5.32 Å². The fraction of sp³-hybridized carbons (Fsp3) is 0.524. The maximum atomic E-state index is 12.1. The summed E-state index contributed by atoms with van der Waals surface area (Å²) in [7, 11) is 0. The van der Waals surface area contributed by atoms with Crippen LogP contribution >= 0.6 is 11.3 Å². The topological polar surface area (TPSA) is 61.0 Å². The number of hydrogen-bond donors (Lipinski definition) is 2. The number of aromatic nitrogens is 2. The number of aromatic amines is 1. The predicted molar refractivity (Wildman–Crippen MR) is 113 cm³/mol. The Hall–Kier alpha value is -1.92. The summed E-state index contributed by atoms with van der Waals surface area (Å²) in [4.78, 5) is 16.4. The van der Waals surface area contributed by atoms with Crippen molar-refractivity contribution in [2.24, 2.45) is 5.92 Å². The molecule has 2 aromatic heterocycles. The Morgan fingerprint density at radius 1 is 1.48 bits per heavy atom. The van der Waals surface area contributed by atoms with E-state index in [1.165, 1.54) is 43.7 Å². The number of Topliss-reactive ketones (excluding diaryl/α,β-unsaturated/α-hetero) is 1. The molecule has 0 radical (unpaired) electrons. The molecule has 0 saturated carbocycles. The molecule has 2 N–H and O–H groups in total. The van der Waals surface area contributed by atoms with Gasteiger partial charge in [0.25, 0.3) is 0 Å². The number of H-pyrrole nitrogens is 1. The minimum Gasteiger partial charge on any atom is -0.357 e. The largest absolute Gasteiger partial charge is 0.357 e. The summed E-state index contributed by atoms with van der Waals surface area (Å²) < 4.78 is 0. The molecule has 0 amide bonds. The number of fused-ring (bicyclic) bond motifs is 2. The van der Waals surface area contributed by atoms with E-state index in [4.69, 9.17) is 0 Å². The van der Waals surface area contributed by atoms with E-state index >= 15 is 0 Å². The van der Waals surface area contributed by atoms with E-state index in [0.717, 1.165) is 38.3 Å². The Bertz CT molecular complexity index is 822. The molecule has 2 aliphatic rings. The normalized spacial score (nSPS) is 23.0. The molecular formula is C21H30N4OS. The van der Waals surface area contributed by atoms with E-state index in [9.17, 15) is 4.79 Å². The first-order valence-corrected chi connectivity index (χ1v) is 10.6. The van der Waals surface area contributed by atoms with Crippen molar-refractivity contribution in [3.8, 4) is 10.4 Å². The van der Waals surface area contributed by atoms with E-state index in [1.807, 2.05) is 19.2 Å². The summed E-state index contributed by atoms with van der Waals surface area (Å²) in [5, 5.41) is 10.5. The average molecular weight is 387 g/mol. The van der Waals surface area contributed by atoms with Gasteiger partial charge in [0, 0.05) is 41.3 Å². The lowest BCUT2D eigenvalue weighted by molar-refractivity contribution is 0.102. The van der Waals surface area contributed by atoms with Crippen molar-refractivity contribution in [2.75, 3.05) is 18.4 Å². The van der Waals surface area contributed by atoms with Gasteiger partial charge in [-0.15, -0.1) is 11.3 Å². The predicted octanol–water partition coefficient (Wildman–Crippen LogP) is 5.09. The summed E-state index contributed by atoms with van der Waals surface area (Å²) in [5.41, 5.74) is 3.94. The number of carbonyl (C=O) groups is 1. The molecule has 2 unspecified atom stereocenters. The molecule has 27 heavy (non-hydrogen) atoms. The number of rotatable bonds is 5. The van der Waals surface area contributed by atoms with Crippen molar-refractivity contribution in [2.45, 2.75) is 53.0 Å². The van der Waals surface area contributed by atoms with Crippen LogP contribution in [-0.4, -0.2) is 40.0 Å². The molecule has 2 fully saturated rings. The number of nitrogens with zero attached hydrogens (tertiary/aromatic N) is 2. The molecule has 146 valence electrons. The van der Waals surface area contributed by atoms with Gasteiger partial charge in [-0.05, 0) is 38.3 Å². The van der Waals surface area contributed by atoms with E-state index in [2.05, 4.69) is 40.8 Å². The first-order valence-electron chi connectivity index (χ1n) is 9.79. The Balaban J connectivity index is 0.000000659. The summed E-state index contributed by atoms with van der Waals surface area (Å²) in [6, 6.07) is 2.44. The van der Waals surface area contributed by atoms with Gasteiger partial charge in [-0.3, -0.25) is 14.8 Å². The Morgan fingerprint density at radius 3 is 2.74 bits per heavy atom. The van der Waals surface area contributed by atoms with Gasteiger partial charge >= 0.3 is 0 Å². The van der Waals surface area contributed by atoms with Crippen LogP contribution in [-0.2, 0) is 0 Å². The van der Waals surface area contributed by atoms with Crippen LogP contribution in [0.2, 0.25) is 0 Å². The lowest BCUT2D eigenvalue weighted by Gasteiger charge is -2.27. The molecule has 4 heterocycles. The Kier molecular flexibility index (Phi) is 6.17. The minimum atomic E-state index is 0.0796. The summed E-state index contributed by atoms with van der Waals surface area (Å²) in [6.45, 7) is 14.5. The third-order valence-electron chi connectivity index (χ3n) is 5.16. The molecule has 6 heteroatoms. The smallest absolute Gasteiger partial charge is 0.171 e. The average Bonchev–Trinajstić information content (AvgIpc) is 3.38. The van der Waals surface area contributed by atoms with Crippen LogP contribution in [0, 0.1) is 12.8 Å². The fourth-order valence-electron chi connectivity index (χ4n) is 3.90. The van der Waals surface area contributed by atoms with E-state index in [0.29, 0.717) is 6.04 Å². The maximum Gasteiger partial charge on any atom is 0.171 e. The molecule has 5 nitrogen and oxygen atoms in total. The zero-order valence-electron chi connectivity index (χ0n) is 16.8. The number of thiophene rings is 1. The van der Waals surface area contributed by atoms with Crippen LogP contribution in [0.4, 0.5) is 5.69 Å². The number of carbonyl (C=O) groups excluding carboxylic acids is 1. The third-order valence-corrected chi connectivity index (χ3v) is 6.43. The quantitative estimate of drug-likeness (QED) is 0.703. The van der Waals surface area contributed by atoms with Gasteiger partial charge in [0.1, 0.15) is 0 Å². The number of nitrogens with one attached hydrogen (secondary N) is 2. The van der Waals surface area contributed by atoms with Crippen LogP contribution in [0.1, 0.15) is 55.4 Å². The van der Waals surface area contributed by atoms with Crippen molar-refractivity contribution in [1.82, 2.24) is 15.1 Å². The fourth-order valence-corrected chi connectivity index (χ4v) is 4.98. The summed E-state index contributed by atoms with van der Waals surface area (Å²) >= 11 is 1.51. The Morgan fingerprint density at radius 2 is 2.22 bits per heavy atom. The SMILES string of the molecule is C=C(Nc1cc(-c2cn[nH]c2C)sc1C(C)=O)[C@@H]1CC2CCN1C2.CCC. The van der Waals surface area contributed by atoms with Gasteiger partial charge < -0.3 is 5.32 Å². The van der Waals surface area contributed by atoms with E-state index in [-0.39, 0.29) is 5.78 Å². The monoisotopic (exact) mass is 386 g/mol. The van der Waals surface area contributed by atoms with Crippen molar-refractivity contribution in [1.29, 1.82) is 0 Å². The van der Waals surface area contributed by atoms with E-state index in [1.54, 1.807) is 6.92 Å². The van der Waals surface area contributed by atoms with Crippen molar-refractivity contribution in [3.63, 3.8) is 0 Å². The minimum absolute atomic E-state index is 0.0796.